The highest BCUT2D eigenvalue weighted by atomic mass is 32.2. The van der Waals surface area contributed by atoms with E-state index in [9.17, 15) is 8.42 Å². The number of nitrogens with two attached hydrogens (primary N) is 1. The fourth-order valence-electron chi connectivity index (χ4n) is 2.18. The predicted molar refractivity (Wildman–Crippen MR) is 110 cm³/mol. The van der Waals surface area contributed by atoms with Crippen molar-refractivity contribution in [1.82, 2.24) is 10.5 Å². The number of sulfonamides is 1. The number of nitrogens with one attached hydrogen (secondary N) is 4. The number of anilines is 2. The molecule has 0 aliphatic heterocycles. The Labute approximate surface area is 160 Å². The molecule has 8 nitrogen and oxygen atoms in total. The van der Waals surface area contributed by atoms with Crippen molar-refractivity contribution in [3.8, 4) is 0 Å². The third kappa shape index (κ3) is 5.68. The summed E-state index contributed by atoms with van der Waals surface area (Å²) in [6, 6.07) is 14.7. The molecule has 2 aromatic carbocycles. The Morgan fingerprint density at radius 3 is 2.15 bits per heavy atom. The van der Waals surface area contributed by atoms with Crippen molar-refractivity contribution in [3.63, 3.8) is 0 Å². The van der Waals surface area contributed by atoms with Crippen LogP contribution in [0.5, 0.6) is 0 Å². The SMILES string of the molecule is CC(C)S(=O)(=O)Nc1ccc(CNc2ccc(C(=N)N(C)NN)cc2)cc1. The smallest absolute Gasteiger partial charge is 0.235 e. The number of nitrogens with zero attached hydrogens (tertiary/aromatic N) is 1. The van der Waals surface area contributed by atoms with E-state index in [1.165, 1.54) is 5.01 Å². The van der Waals surface area contributed by atoms with Gasteiger partial charge in [-0.05, 0) is 55.8 Å². The van der Waals surface area contributed by atoms with Crippen LogP contribution in [0.3, 0.4) is 0 Å². The zero-order chi connectivity index (χ0) is 20.0. The molecule has 0 bridgehead atoms. The van der Waals surface area contributed by atoms with Crippen molar-refractivity contribution in [2.75, 3.05) is 17.1 Å². The molecule has 27 heavy (non-hydrogen) atoms. The minimum atomic E-state index is -3.34. The van der Waals surface area contributed by atoms with Crippen molar-refractivity contribution < 1.29 is 8.42 Å². The highest BCUT2D eigenvalue weighted by Crippen LogP contribution is 2.16. The highest BCUT2D eigenvalue weighted by molar-refractivity contribution is 7.93. The van der Waals surface area contributed by atoms with E-state index in [1.54, 1.807) is 33.0 Å². The molecule has 0 unspecified atom stereocenters. The Bertz CT molecular complexity index is 864. The molecule has 0 aliphatic carbocycles. The topological polar surface area (TPSA) is 123 Å². The molecule has 0 fully saturated rings. The molecule has 0 radical (unpaired) electrons. The minimum Gasteiger partial charge on any atom is -0.381 e. The average molecular weight is 391 g/mol. The van der Waals surface area contributed by atoms with Crippen LogP contribution in [-0.4, -0.2) is 31.6 Å². The van der Waals surface area contributed by atoms with Crippen molar-refractivity contribution in [3.05, 3.63) is 59.7 Å². The van der Waals surface area contributed by atoms with Gasteiger partial charge in [0.1, 0.15) is 5.84 Å². The molecule has 2 rings (SSSR count). The van der Waals surface area contributed by atoms with Gasteiger partial charge in [-0.25, -0.2) is 8.42 Å². The Hall–Kier alpha value is -2.62. The van der Waals surface area contributed by atoms with Gasteiger partial charge in [-0.15, -0.1) is 0 Å². The van der Waals surface area contributed by atoms with E-state index in [0.717, 1.165) is 16.8 Å². The summed E-state index contributed by atoms with van der Waals surface area (Å²) in [7, 11) is -1.67. The Kier molecular flexibility index (Phi) is 6.78. The summed E-state index contributed by atoms with van der Waals surface area (Å²) in [5, 5.41) is 12.2. The molecule has 0 spiro atoms. The Morgan fingerprint density at radius 1 is 1.07 bits per heavy atom. The first-order valence-corrected chi connectivity index (χ1v) is 10.0. The van der Waals surface area contributed by atoms with Gasteiger partial charge in [-0.1, -0.05) is 12.1 Å². The lowest BCUT2D eigenvalue weighted by Gasteiger charge is -2.18. The summed E-state index contributed by atoms with van der Waals surface area (Å²) in [4.78, 5) is 0. The third-order valence-electron chi connectivity index (χ3n) is 4.02. The van der Waals surface area contributed by atoms with Crippen LogP contribution in [0.4, 0.5) is 11.4 Å². The normalized spacial score (nSPS) is 11.3. The monoisotopic (exact) mass is 390 g/mol. The van der Waals surface area contributed by atoms with Crippen LogP contribution >= 0.6 is 0 Å². The van der Waals surface area contributed by atoms with E-state index in [2.05, 4.69) is 15.6 Å². The summed E-state index contributed by atoms with van der Waals surface area (Å²) < 4.78 is 26.3. The molecule has 6 N–H and O–H groups in total. The average Bonchev–Trinajstić information content (AvgIpc) is 2.66. The van der Waals surface area contributed by atoms with Gasteiger partial charge >= 0.3 is 0 Å². The summed E-state index contributed by atoms with van der Waals surface area (Å²) in [6.45, 7) is 3.87. The van der Waals surface area contributed by atoms with Crippen LogP contribution in [0.25, 0.3) is 0 Å². The second-order valence-electron chi connectivity index (χ2n) is 6.36. The van der Waals surface area contributed by atoms with Crippen LogP contribution in [-0.2, 0) is 16.6 Å². The van der Waals surface area contributed by atoms with Gasteiger partial charge < -0.3 is 5.32 Å². The van der Waals surface area contributed by atoms with Crippen molar-refractivity contribution in [2.24, 2.45) is 5.84 Å². The maximum atomic E-state index is 11.9. The van der Waals surface area contributed by atoms with Gasteiger partial charge in [0, 0.05) is 30.5 Å². The number of hydrazine groups is 2. The lowest BCUT2D eigenvalue weighted by atomic mass is 10.1. The van der Waals surface area contributed by atoms with E-state index >= 15 is 0 Å². The van der Waals surface area contributed by atoms with Gasteiger partial charge in [0.2, 0.25) is 10.0 Å². The van der Waals surface area contributed by atoms with Crippen LogP contribution < -0.4 is 21.4 Å². The molecule has 0 atom stereocenters. The number of hydrogen-bond donors (Lipinski definition) is 5. The van der Waals surface area contributed by atoms with Crippen molar-refractivity contribution in [1.29, 1.82) is 5.41 Å². The van der Waals surface area contributed by atoms with E-state index in [4.69, 9.17) is 11.3 Å². The summed E-state index contributed by atoms with van der Waals surface area (Å²) in [5.41, 5.74) is 5.62. The lowest BCUT2D eigenvalue weighted by Crippen LogP contribution is -2.43. The molecule has 146 valence electrons. The summed E-state index contributed by atoms with van der Waals surface area (Å²) >= 11 is 0. The first-order valence-electron chi connectivity index (χ1n) is 8.46. The van der Waals surface area contributed by atoms with Crippen LogP contribution in [0.15, 0.2) is 48.5 Å². The highest BCUT2D eigenvalue weighted by Gasteiger charge is 2.15. The van der Waals surface area contributed by atoms with E-state index in [0.29, 0.717) is 12.2 Å². The summed E-state index contributed by atoms with van der Waals surface area (Å²) in [6.07, 6.45) is 0. The molecular formula is C18H26N6O2S. The first-order chi connectivity index (χ1) is 12.7. The van der Waals surface area contributed by atoms with E-state index in [-0.39, 0.29) is 5.84 Å². The maximum Gasteiger partial charge on any atom is 0.235 e. The fraction of sp³-hybridized carbons (Fsp3) is 0.278. The van der Waals surface area contributed by atoms with Crippen molar-refractivity contribution >= 4 is 27.2 Å². The van der Waals surface area contributed by atoms with Crippen LogP contribution in [0.1, 0.15) is 25.0 Å². The van der Waals surface area contributed by atoms with E-state index < -0.39 is 15.3 Å². The second kappa shape index (κ2) is 8.85. The molecule has 2 aromatic rings. The van der Waals surface area contributed by atoms with Gasteiger partial charge in [-0.3, -0.25) is 21.0 Å². The number of benzene rings is 2. The lowest BCUT2D eigenvalue weighted by molar-refractivity contribution is 0.375. The Balaban J connectivity index is 1.94. The van der Waals surface area contributed by atoms with Crippen LogP contribution in [0.2, 0.25) is 0 Å². The second-order valence-corrected chi connectivity index (χ2v) is 8.60. The molecule has 0 aliphatic rings. The standard InChI is InChI=1S/C18H26N6O2S/c1-13(2)27(25,26)22-17-8-4-14(5-9-17)12-21-16-10-6-15(7-11-16)18(19)24(3)23-20/h4-11,13,19,21-23H,12,20H2,1-3H3. The third-order valence-corrected chi connectivity index (χ3v) is 5.78. The zero-order valence-electron chi connectivity index (χ0n) is 15.7. The number of rotatable bonds is 8. The predicted octanol–water partition coefficient (Wildman–Crippen LogP) is 2.08. The van der Waals surface area contributed by atoms with Crippen LogP contribution in [0, 0.1) is 5.41 Å². The van der Waals surface area contributed by atoms with Gasteiger partial charge in [-0.2, -0.15) is 5.53 Å². The molecule has 0 saturated carbocycles. The maximum absolute atomic E-state index is 11.9. The Morgan fingerprint density at radius 2 is 1.63 bits per heavy atom. The quantitative estimate of drug-likeness (QED) is 0.203. The van der Waals surface area contributed by atoms with E-state index in [1.807, 2.05) is 36.4 Å². The number of amidine groups is 1. The molecule has 9 heteroatoms. The molecule has 0 heterocycles. The number of hydrogen-bond acceptors (Lipinski definition) is 6. The van der Waals surface area contributed by atoms with Gasteiger partial charge in [0.25, 0.3) is 0 Å². The molecule has 0 aromatic heterocycles. The van der Waals surface area contributed by atoms with Gasteiger partial charge in [0.05, 0.1) is 5.25 Å². The molecule has 0 saturated heterocycles. The first kappa shape index (κ1) is 20.7. The largest absolute Gasteiger partial charge is 0.381 e. The molecular weight excluding hydrogens is 364 g/mol. The minimum absolute atomic E-state index is 0.267. The van der Waals surface area contributed by atoms with Gasteiger partial charge in [0.15, 0.2) is 0 Å². The fourth-order valence-corrected chi connectivity index (χ4v) is 2.88. The molecule has 0 amide bonds. The summed E-state index contributed by atoms with van der Waals surface area (Å²) in [5.74, 6) is 5.56. The zero-order valence-corrected chi connectivity index (χ0v) is 16.5. The van der Waals surface area contributed by atoms with Crippen molar-refractivity contribution in [2.45, 2.75) is 25.6 Å².